The van der Waals surface area contributed by atoms with Crippen molar-refractivity contribution in [2.45, 2.75) is 32.2 Å². The highest BCUT2D eigenvalue weighted by atomic mass is 35.5. The fraction of sp³-hybridized carbons (Fsp3) is 0.529. The first-order valence-electron chi connectivity index (χ1n) is 8.25. The number of hydrogen-bond acceptors (Lipinski definition) is 4. The van der Waals surface area contributed by atoms with E-state index < -0.39 is 9.84 Å². The number of benzene rings is 1. The van der Waals surface area contributed by atoms with E-state index in [4.69, 9.17) is 11.6 Å². The third kappa shape index (κ3) is 6.32. The summed E-state index contributed by atoms with van der Waals surface area (Å²) in [5.41, 5.74) is 1.04. The van der Waals surface area contributed by atoms with E-state index in [1.54, 1.807) is 6.07 Å². The highest BCUT2D eigenvalue weighted by Gasteiger charge is 2.33. The van der Waals surface area contributed by atoms with Crippen molar-refractivity contribution in [1.82, 2.24) is 10.2 Å². The van der Waals surface area contributed by atoms with Gasteiger partial charge in [-0.3, -0.25) is 9.59 Å². The Balaban J connectivity index is 1.76. The van der Waals surface area contributed by atoms with Crippen LogP contribution in [0, 0.1) is 0 Å². The van der Waals surface area contributed by atoms with Crippen LogP contribution in [-0.4, -0.2) is 55.8 Å². The van der Waals surface area contributed by atoms with E-state index >= 15 is 0 Å². The molecule has 0 aromatic heterocycles. The predicted octanol–water partition coefficient (Wildman–Crippen LogP) is 1.42. The Hall–Kier alpha value is -1.60. The normalized spacial score (nSPS) is 18.7. The second-order valence-corrected chi connectivity index (χ2v) is 8.91. The van der Waals surface area contributed by atoms with E-state index in [2.05, 4.69) is 5.32 Å². The van der Waals surface area contributed by atoms with E-state index in [0.717, 1.165) is 5.56 Å². The third-order valence-electron chi connectivity index (χ3n) is 4.26. The second kappa shape index (κ2) is 8.67. The number of nitrogens with zero attached hydrogens (tertiary/aromatic N) is 1. The average molecular weight is 387 g/mol. The van der Waals surface area contributed by atoms with Gasteiger partial charge in [0.15, 0.2) is 9.84 Å². The van der Waals surface area contributed by atoms with Crippen LogP contribution in [0.25, 0.3) is 0 Å². The van der Waals surface area contributed by atoms with Crippen LogP contribution < -0.4 is 5.32 Å². The number of halogens is 1. The van der Waals surface area contributed by atoms with Crippen molar-refractivity contribution in [2.75, 3.05) is 24.6 Å². The standard InChI is InChI=1S/C17H23ClN2O4S/c1-13(21)20(16-7-10-25(23,24)12-16)9-6-17(22)19-8-5-14-3-2-4-15(18)11-14/h2-4,11,16H,5-10,12H2,1H3,(H,19,22). The Morgan fingerprint density at radius 1 is 1.36 bits per heavy atom. The molecule has 138 valence electrons. The van der Waals surface area contributed by atoms with Gasteiger partial charge in [0.1, 0.15) is 0 Å². The minimum atomic E-state index is -3.07. The first-order valence-corrected chi connectivity index (χ1v) is 10.5. The van der Waals surface area contributed by atoms with E-state index in [0.29, 0.717) is 24.4 Å². The first kappa shape index (κ1) is 19.7. The Morgan fingerprint density at radius 3 is 2.72 bits per heavy atom. The van der Waals surface area contributed by atoms with Crippen molar-refractivity contribution >= 4 is 33.3 Å². The van der Waals surface area contributed by atoms with Crippen molar-refractivity contribution in [3.63, 3.8) is 0 Å². The smallest absolute Gasteiger partial charge is 0.221 e. The molecule has 0 saturated carbocycles. The van der Waals surface area contributed by atoms with Gasteiger partial charge in [0.25, 0.3) is 0 Å². The van der Waals surface area contributed by atoms with Crippen molar-refractivity contribution < 1.29 is 18.0 Å². The van der Waals surface area contributed by atoms with Crippen LogP contribution >= 0.6 is 11.6 Å². The molecule has 0 spiro atoms. The summed E-state index contributed by atoms with van der Waals surface area (Å²) in [6, 6.07) is 7.13. The summed E-state index contributed by atoms with van der Waals surface area (Å²) in [7, 11) is -3.07. The number of amides is 2. The molecule has 0 radical (unpaired) electrons. The molecular weight excluding hydrogens is 364 g/mol. The van der Waals surface area contributed by atoms with Gasteiger partial charge in [0.05, 0.1) is 11.5 Å². The zero-order valence-corrected chi connectivity index (χ0v) is 15.8. The summed E-state index contributed by atoms with van der Waals surface area (Å²) in [6.45, 7) is 2.12. The lowest BCUT2D eigenvalue weighted by molar-refractivity contribution is -0.131. The van der Waals surface area contributed by atoms with Crippen LogP contribution in [0.3, 0.4) is 0 Å². The molecule has 1 heterocycles. The van der Waals surface area contributed by atoms with Gasteiger partial charge in [-0.15, -0.1) is 0 Å². The topological polar surface area (TPSA) is 83.6 Å². The maximum absolute atomic E-state index is 12.0. The lowest BCUT2D eigenvalue weighted by Crippen LogP contribution is -2.42. The summed E-state index contributed by atoms with van der Waals surface area (Å²) in [6.07, 6.45) is 1.27. The van der Waals surface area contributed by atoms with Crippen molar-refractivity contribution in [1.29, 1.82) is 0 Å². The highest BCUT2D eigenvalue weighted by molar-refractivity contribution is 7.91. The molecule has 0 aliphatic carbocycles. The molecular formula is C17H23ClN2O4S. The summed E-state index contributed by atoms with van der Waals surface area (Å²) in [4.78, 5) is 25.2. The molecule has 8 heteroatoms. The number of sulfone groups is 1. The largest absolute Gasteiger partial charge is 0.356 e. The number of nitrogens with one attached hydrogen (secondary N) is 1. The van der Waals surface area contributed by atoms with Crippen LogP contribution in [0.4, 0.5) is 0 Å². The lowest BCUT2D eigenvalue weighted by Gasteiger charge is -2.26. The van der Waals surface area contributed by atoms with E-state index in [9.17, 15) is 18.0 Å². The van der Waals surface area contributed by atoms with Crippen LogP contribution in [0.15, 0.2) is 24.3 Å². The van der Waals surface area contributed by atoms with Gasteiger partial charge in [-0.25, -0.2) is 8.42 Å². The van der Waals surface area contributed by atoms with Crippen LogP contribution in [-0.2, 0) is 25.8 Å². The first-order chi connectivity index (χ1) is 11.8. The van der Waals surface area contributed by atoms with Gasteiger partial charge in [0.2, 0.25) is 11.8 Å². The molecule has 1 aliphatic heterocycles. The summed E-state index contributed by atoms with van der Waals surface area (Å²) in [5, 5.41) is 3.47. The van der Waals surface area contributed by atoms with Crippen molar-refractivity contribution in [3.8, 4) is 0 Å². The molecule has 1 fully saturated rings. The highest BCUT2D eigenvalue weighted by Crippen LogP contribution is 2.18. The minimum Gasteiger partial charge on any atom is -0.356 e. The molecule has 1 aromatic carbocycles. The molecule has 2 rings (SSSR count). The number of carbonyl (C=O) groups excluding carboxylic acids is 2. The van der Waals surface area contributed by atoms with Crippen LogP contribution in [0.2, 0.25) is 5.02 Å². The molecule has 6 nitrogen and oxygen atoms in total. The fourth-order valence-electron chi connectivity index (χ4n) is 2.97. The Morgan fingerprint density at radius 2 is 2.12 bits per heavy atom. The summed E-state index contributed by atoms with van der Waals surface area (Å²) >= 11 is 5.92. The molecule has 0 bridgehead atoms. The molecule has 1 N–H and O–H groups in total. The molecule has 1 atom stereocenters. The van der Waals surface area contributed by atoms with E-state index in [-0.39, 0.29) is 42.3 Å². The molecule has 1 aromatic rings. The molecule has 25 heavy (non-hydrogen) atoms. The minimum absolute atomic E-state index is 0.0109. The zero-order valence-electron chi connectivity index (χ0n) is 14.2. The summed E-state index contributed by atoms with van der Waals surface area (Å²) < 4.78 is 23.2. The lowest BCUT2D eigenvalue weighted by atomic mass is 10.1. The Labute approximate surface area is 153 Å². The van der Waals surface area contributed by atoms with Gasteiger partial charge < -0.3 is 10.2 Å². The van der Waals surface area contributed by atoms with Crippen molar-refractivity contribution in [3.05, 3.63) is 34.9 Å². The monoisotopic (exact) mass is 386 g/mol. The molecule has 2 amide bonds. The molecule has 1 unspecified atom stereocenters. The Bertz CT molecular complexity index is 736. The SMILES string of the molecule is CC(=O)N(CCC(=O)NCCc1cccc(Cl)c1)C1CCS(=O)(=O)C1. The molecule has 1 aliphatic rings. The van der Waals surface area contributed by atoms with Crippen LogP contribution in [0.1, 0.15) is 25.3 Å². The van der Waals surface area contributed by atoms with Gasteiger partial charge in [-0.05, 0) is 30.5 Å². The number of rotatable bonds is 7. The van der Waals surface area contributed by atoms with Crippen LogP contribution in [0.5, 0.6) is 0 Å². The number of hydrogen-bond donors (Lipinski definition) is 1. The quantitative estimate of drug-likeness (QED) is 0.768. The molecule has 1 saturated heterocycles. The van der Waals surface area contributed by atoms with E-state index in [1.807, 2.05) is 18.2 Å². The zero-order chi connectivity index (χ0) is 18.4. The number of carbonyl (C=O) groups is 2. The second-order valence-electron chi connectivity index (χ2n) is 6.25. The average Bonchev–Trinajstić information content (AvgIpc) is 2.87. The van der Waals surface area contributed by atoms with Gasteiger partial charge in [-0.1, -0.05) is 23.7 Å². The maximum Gasteiger partial charge on any atom is 0.221 e. The maximum atomic E-state index is 12.0. The third-order valence-corrected chi connectivity index (χ3v) is 6.24. The van der Waals surface area contributed by atoms with E-state index in [1.165, 1.54) is 11.8 Å². The van der Waals surface area contributed by atoms with Crippen molar-refractivity contribution in [2.24, 2.45) is 0 Å². The van der Waals surface area contributed by atoms with Gasteiger partial charge in [-0.2, -0.15) is 0 Å². The summed E-state index contributed by atoms with van der Waals surface area (Å²) in [5.74, 6) is -0.265. The van der Waals surface area contributed by atoms with Gasteiger partial charge >= 0.3 is 0 Å². The Kier molecular flexibility index (Phi) is 6.84. The van der Waals surface area contributed by atoms with Gasteiger partial charge in [0, 0.05) is 37.5 Å². The fourth-order valence-corrected chi connectivity index (χ4v) is 4.91. The predicted molar refractivity (Wildman–Crippen MR) is 97.2 cm³/mol.